The first-order chi connectivity index (χ1) is 10.0. The molecule has 0 bridgehead atoms. The molecule has 6 nitrogen and oxygen atoms in total. The van der Waals surface area contributed by atoms with Crippen LogP contribution in [0, 0.1) is 0 Å². The molecule has 112 valence electrons. The van der Waals surface area contributed by atoms with E-state index in [0.29, 0.717) is 18.7 Å². The van der Waals surface area contributed by atoms with Crippen molar-refractivity contribution >= 4 is 17.3 Å². The molecule has 1 aromatic carbocycles. The van der Waals surface area contributed by atoms with E-state index in [1.807, 2.05) is 38.6 Å². The van der Waals surface area contributed by atoms with Crippen molar-refractivity contribution in [3.05, 3.63) is 42.2 Å². The molecule has 2 aromatic rings. The quantitative estimate of drug-likeness (QED) is 0.789. The summed E-state index contributed by atoms with van der Waals surface area (Å²) in [4.78, 5) is 14.0. The highest BCUT2D eigenvalue weighted by atomic mass is 16.1. The number of hydrogen-bond donors (Lipinski definition) is 2. The second kappa shape index (κ2) is 6.90. The van der Waals surface area contributed by atoms with Gasteiger partial charge in [0.15, 0.2) is 0 Å². The maximum Gasteiger partial charge on any atom is 0.225 e. The van der Waals surface area contributed by atoms with Crippen LogP contribution in [0.1, 0.15) is 12.0 Å². The lowest BCUT2D eigenvalue weighted by Gasteiger charge is -2.15. The molecule has 0 aliphatic heterocycles. The van der Waals surface area contributed by atoms with Gasteiger partial charge in [-0.3, -0.25) is 9.48 Å². The lowest BCUT2D eigenvalue weighted by Crippen LogP contribution is -2.23. The topological polar surface area (TPSA) is 76.2 Å². The number of amides is 1. The van der Waals surface area contributed by atoms with E-state index in [4.69, 9.17) is 5.73 Å². The Hall–Kier alpha value is -2.34. The molecule has 3 N–H and O–H groups in total. The van der Waals surface area contributed by atoms with Gasteiger partial charge in [0.1, 0.15) is 0 Å². The molecule has 1 aromatic heterocycles. The first kappa shape index (κ1) is 15.1. The smallest absolute Gasteiger partial charge is 0.225 e. The number of carbonyl (C=O) groups excluding carboxylic acids is 1. The third-order valence-electron chi connectivity index (χ3n) is 3.10. The van der Waals surface area contributed by atoms with Crippen LogP contribution in [0.4, 0.5) is 11.4 Å². The van der Waals surface area contributed by atoms with Crippen molar-refractivity contribution in [2.75, 3.05) is 24.6 Å². The van der Waals surface area contributed by atoms with Crippen molar-refractivity contribution in [2.45, 2.75) is 13.0 Å². The summed E-state index contributed by atoms with van der Waals surface area (Å²) >= 11 is 0. The molecular formula is C15H21N5O. The van der Waals surface area contributed by atoms with Crippen molar-refractivity contribution in [1.82, 2.24) is 14.7 Å². The van der Waals surface area contributed by atoms with Crippen molar-refractivity contribution in [3.8, 4) is 0 Å². The molecule has 0 spiro atoms. The first-order valence-corrected chi connectivity index (χ1v) is 6.84. The highest BCUT2D eigenvalue weighted by molar-refractivity contribution is 5.91. The van der Waals surface area contributed by atoms with Crippen LogP contribution in [0.2, 0.25) is 0 Å². The molecule has 0 radical (unpaired) electrons. The van der Waals surface area contributed by atoms with Gasteiger partial charge in [0, 0.05) is 49.7 Å². The third-order valence-corrected chi connectivity index (χ3v) is 3.10. The lowest BCUT2D eigenvalue weighted by atomic mass is 10.2. The van der Waals surface area contributed by atoms with E-state index in [0.717, 1.165) is 17.8 Å². The predicted molar refractivity (Wildman–Crippen MR) is 83.6 cm³/mol. The number of nitrogens with two attached hydrogens (primary N) is 1. The summed E-state index contributed by atoms with van der Waals surface area (Å²) in [5.74, 6) is -0.0152. The average Bonchev–Trinajstić information content (AvgIpc) is 2.82. The number of aryl methyl sites for hydroxylation is 1. The molecule has 1 amide bonds. The molecule has 21 heavy (non-hydrogen) atoms. The first-order valence-electron chi connectivity index (χ1n) is 6.84. The van der Waals surface area contributed by atoms with E-state index in [2.05, 4.69) is 15.3 Å². The fourth-order valence-corrected chi connectivity index (χ4v) is 2.08. The summed E-state index contributed by atoms with van der Waals surface area (Å²) in [6.45, 7) is 1.46. The number of nitrogens with one attached hydrogen (secondary N) is 1. The zero-order valence-corrected chi connectivity index (χ0v) is 12.4. The molecule has 0 aliphatic rings. The summed E-state index contributed by atoms with van der Waals surface area (Å²) < 4.78 is 1.77. The highest BCUT2D eigenvalue weighted by Crippen LogP contribution is 2.12. The number of nitrogen functional groups attached to an aromatic ring is 1. The zero-order chi connectivity index (χ0) is 15.2. The molecule has 0 saturated carbocycles. The third kappa shape index (κ3) is 4.92. The molecule has 0 atom stereocenters. The number of hydrogen-bond acceptors (Lipinski definition) is 4. The predicted octanol–water partition coefficient (Wildman–Crippen LogP) is 1.46. The van der Waals surface area contributed by atoms with Crippen LogP contribution in [0.5, 0.6) is 0 Å². The van der Waals surface area contributed by atoms with Gasteiger partial charge in [0.25, 0.3) is 0 Å². The van der Waals surface area contributed by atoms with Gasteiger partial charge < -0.3 is 16.0 Å². The Bertz CT molecular complexity index is 608. The van der Waals surface area contributed by atoms with Crippen molar-refractivity contribution in [2.24, 2.45) is 7.05 Å². The van der Waals surface area contributed by atoms with Crippen molar-refractivity contribution < 1.29 is 4.79 Å². The summed E-state index contributed by atoms with van der Waals surface area (Å²) in [6.07, 6.45) is 4.25. The Labute approximate surface area is 124 Å². The Morgan fingerprint density at radius 1 is 1.48 bits per heavy atom. The number of carbonyl (C=O) groups is 1. The van der Waals surface area contributed by atoms with Crippen molar-refractivity contribution in [1.29, 1.82) is 0 Å². The maximum atomic E-state index is 11.9. The average molecular weight is 287 g/mol. The van der Waals surface area contributed by atoms with Gasteiger partial charge in [-0.2, -0.15) is 5.10 Å². The van der Waals surface area contributed by atoms with Gasteiger partial charge in [0.2, 0.25) is 5.91 Å². The van der Waals surface area contributed by atoms with Crippen LogP contribution >= 0.6 is 0 Å². The minimum absolute atomic E-state index is 0.0152. The van der Waals surface area contributed by atoms with Crippen LogP contribution in [-0.2, 0) is 18.4 Å². The van der Waals surface area contributed by atoms with Crippen LogP contribution in [0.3, 0.4) is 0 Å². The van der Waals surface area contributed by atoms with E-state index < -0.39 is 0 Å². The van der Waals surface area contributed by atoms with Gasteiger partial charge in [-0.15, -0.1) is 0 Å². The van der Waals surface area contributed by atoms with Crippen molar-refractivity contribution in [3.63, 3.8) is 0 Å². The summed E-state index contributed by atoms with van der Waals surface area (Å²) in [5.41, 5.74) is 8.18. The van der Waals surface area contributed by atoms with E-state index in [1.165, 1.54) is 0 Å². The molecule has 2 rings (SSSR count). The molecule has 6 heteroatoms. The minimum Gasteiger partial charge on any atom is -0.399 e. The van der Waals surface area contributed by atoms with E-state index in [9.17, 15) is 4.79 Å². The lowest BCUT2D eigenvalue weighted by molar-refractivity contribution is -0.116. The van der Waals surface area contributed by atoms with Crippen LogP contribution < -0.4 is 11.1 Å². The van der Waals surface area contributed by atoms with Gasteiger partial charge in [0.05, 0.1) is 6.20 Å². The van der Waals surface area contributed by atoms with Crippen LogP contribution in [0.15, 0.2) is 36.7 Å². The summed E-state index contributed by atoms with van der Waals surface area (Å²) in [6, 6.07) is 7.18. The van der Waals surface area contributed by atoms with E-state index >= 15 is 0 Å². The zero-order valence-electron chi connectivity index (χ0n) is 12.4. The van der Waals surface area contributed by atoms with E-state index in [-0.39, 0.29) is 5.91 Å². The van der Waals surface area contributed by atoms with Gasteiger partial charge in [-0.05, 0) is 25.2 Å². The van der Waals surface area contributed by atoms with Crippen LogP contribution in [-0.4, -0.2) is 34.2 Å². The highest BCUT2D eigenvalue weighted by Gasteiger charge is 2.07. The summed E-state index contributed by atoms with van der Waals surface area (Å²) in [5, 5.41) is 6.97. The maximum absolute atomic E-state index is 11.9. The minimum atomic E-state index is -0.0152. The Morgan fingerprint density at radius 2 is 2.29 bits per heavy atom. The molecule has 0 fully saturated rings. The Morgan fingerprint density at radius 3 is 2.95 bits per heavy atom. The van der Waals surface area contributed by atoms with Gasteiger partial charge in [-0.25, -0.2) is 0 Å². The molecule has 0 unspecified atom stereocenters. The SMILES string of the molecule is CN(CCC(=O)Nc1cccc(N)c1)Cc1cnn(C)c1. The van der Waals surface area contributed by atoms with Gasteiger partial charge in [-0.1, -0.05) is 6.07 Å². The number of rotatable bonds is 6. The fourth-order valence-electron chi connectivity index (χ4n) is 2.08. The number of aromatic nitrogens is 2. The van der Waals surface area contributed by atoms with Crippen LogP contribution in [0.25, 0.3) is 0 Å². The van der Waals surface area contributed by atoms with E-state index in [1.54, 1.807) is 16.8 Å². The monoisotopic (exact) mass is 287 g/mol. The second-order valence-corrected chi connectivity index (χ2v) is 5.18. The molecular weight excluding hydrogens is 266 g/mol. The largest absolute Gasteiger partial charge is 0.399 e. The fraction of sp³-hybridized carbons (Fsp3) is 0.333. The van der Waals surface area contributed by atoms with Gasteiger partial charge >= 0.3 is 0 Å². The Kier molecular flexibility index (Phi) is 4.94. The number of nitrogens with zero attached hydrogens (tertiary/aromatic N) is 3. The Balaban J connectivity index is 1.75. The standard InChI is InChI=1S/C15H21N5O/c1-19(10-12-9-17-20(2)11-12)7-6-15(21)18-14-5-3-4-13(16)8-14/h3-5,8-9,11H,6-7,10,16H2,1-2H3,(H,18,21). The molecule has 1 heterocycles. The second-order valence-electron chi connectivity index (χ2n) is 5.18. The number of anilines is 2. The molecule has 0 aliphatic carbocycles. The normalized spacial score (nSPS) is 10.8. The summed E-state index contributed by atoms with van der Waals surface area (Å²) in [7, 11) is 3.88. The number of benzene rings is 1. The molecule has 0 saturated heterocycles.